The van der Waals surface area contributed by atoms with Gasteiger partial charge in [-0.15, -0.1) is 0 Å². The van der Waals surface area contributed by atoms with Gasteiger partial charge in [-0.1, -0.05) is 42.5 Å². The number of H-pyrrole nitrogens is 1. The van der Waals surface area contributed by atoms with E-state index in [1.54, 1.807) is 19.2 Å². The fraction of sp³-hybridized carbons (Fsp3) is 0.130. The first-order valence-electron chi connectivity index (χ1n) is 9.36. The Morgan fingerprint density at radius 3 is 2.24 bits per heavy atom. The number of hydrogen-bond acceptors (Lipinski definition) is 3. The topological polar surface area (TPSA) is 71.2 Å². The van der Waals surface area contributed by atoms with Crippen molar-refractivity contribution in [1.29, 1.82) is 0 Å². The summed E-state index contributed by atoms with van der Waals surface area (Å²) in [6, 6.07) is 22.5. The maximum absolute atomic E-state index is 12.6. The summed E-state index contributed by atoms with van der Waals surface area (Å²) >= 11 is 0. The van der Waals surface area contributed by atoms with Gasteiger partial charge in [0, 0.05) is 23.6 Å². The molecule has 0 saturated carbocycles. The summed E-state index contributed by atoms with van der Waals surface area (Å²) in [5.41, 5.74) is 4.10. The van der Waals surface area contributed by atoms with Gasteiger partial charge in [0.15, 0.2) is 0 Å². The molecule has 29 heavy (non-hydrogen) atoms. The first-order valence-corrected chi connectivity index (χ1v) is 10.8. The Bertz CT molecular complexity index is 1210. The number of hydrogen-bond donors (Lipinski definition) is 2. The molecule has 4 aromatic rings. The van der Waals surface area contributed by atoms with Crippen molar-refractivity contribution in [1.82, 2.24) is 9.71 Å². The van der Waals surface area contributed by atoms with E-state index in [0.717, 1.165) is 33.3 Å². The fourth-order valence-electron chi connectivity index (χ4n) is 3.35. The van der Waals surface area contributed by atoms with E-state index in [-0.39, 0.29) is 4.90 Å². The highest BCUT2D eigenvalue weighted by Gasteiger charge is 2.14. The molecule has 1 aromatic heterocycles. The number of methoxy groups -OCH3 is 1. The predicted molar refractivity (Wildman–Crippen MR) is 116 cm³/mol. The molecule has 0 unspecified atom stereocenters. The molecule has 2 N–H and O–H groups in total. The van der Waals surface area contributed by atoms with E-state index in [1.807, 2.05) is 66.9 Å². The largest absolute Gasteiger partial charge is 0.497 e. The van der Waals surface area contributed by atoms with Crippen molar-refractivity contribution in [2.24, 2.45) is 0 Å². The molecule has 0 aliphatic heterocycles. The van der Waals surface area contributed by atoms with Gasteiger partial charge < -0.3 is 9.72 Å². The van der Waals surface area contributed by atoms with E-state index in [9.17, 15) is 8.42 Å². The molecule has 0 spiro atoms. The Hall–Kier alpha value is -3.09. The average Bonchev–Trinajstić information content (AvgIpc) is 3.17. The third-order valence-electron chi connectivity index (χ3n) is 4.95. The summed E-state index contributed by atoms with van der Waals surface area (Å²) in [7, 11) is -1.93. The first kappa shape index (κ1) is 19.2. The Kier molecular flexibility index (Phi) is 5.38. The third-order valence-corrected chi connectivity index (χ3v) is 6.43. The zero-order valence-corrected chi connectivity index (χ0v) is 16.9. The highest BCUT2D eigenvalue weighted by atomic mass is 32.2. The highest BCUT2D eigenvalue weighted by Crippen LogP contribution is 2.24. The van der Waals surface area contributed by atoms with E-state index in [1.165, 1.54) is 0 Å². The van der Waals surface area contributed by atoms with Crippen LogP contribution in [-0.4, -0.2) is 27.1 Å². The van der Waals surface area contributed by atoms with Gasteiger partial charge in [-0.3, -0.25) is 0 Å². The molecular formula is C23H22N2O3S. The molecule has 3 aromatic carbocycles. The van der Waals surface area contributed by atoms with Gasteiger partial charge in [0.05, 0.1) is 12.0 Å². The number of fused-ring (bicyclic) bond motifs is 1. The quantitative estimate of drug-likeness (QED) is 0.479. The minimum absolute atomic E-state index is 0.258. The molecule has 148 valence electrons. The summed E-state index contributed by atoms with van der Waals surface area (Å²) in [5.74, 6) is 0.785. The third kappa shape index (κ3) is 4.18. The number of aromatic nitrogens is 1. The van der Waals surface area contributed by atoms with Gasteiger partial charge in [0.1, 0.15) is 5.75 Å². The van der Waals surface area contributed by atoms with Crippen LogP contribution in [0.2, 0.25) is 0 Å². The second-order valence-corrected chi connectivity index (χ2v) is 8.53. The molecule has 0 aliphatic rings. The lowest BCUT2D eigenvalue weighted by Crippen LogP contribution is -2.25. The molecule has 0 radical (unpaired) electrons. The minimum atomic E-state index is -3.56. The molecule has 0 fully saturated rings. The van der Waals surface area contributed by atoms with Crippen LogP contribution < -0.4 is 9.46 Å². The average molecular weight is 407 g/mol. The normalized spacial score (nSPS) is 11.6. The van der Waals surface area contributed by atoms with Crippen LogP contribution in [0.25, 0.3) is 22.0 Å². The summed E-state index contributed by atoms with van der Waals surface area (Å²) in [5, 5.41) is 1.12. The Balaban J connectivity index is 1.42. The molecule has 0 atom stereocenters. The van der Waals surface area contributed by atoms with Crippen molar-refractivity contribution in [2.75, 3.05) is 13.7 Å². The van der Waals surface area contributed by atoms with Gasteiger partial charge >= 0.3 is 0 Å². The molecule has 4 rings (SSSR count). The van der Waals surface area contributed by atoms with Gasteiger partial charge in [-0.2, -0.15) is 0 Å². The van der Waals surface area contributed by atoms with Crippen LogP contribution in [0, 0.1) is 0 Å². The van der Waals surface area contributed by atoms with Crippen LogP contribution in [0.4, 0.5) is 0 Å². The first-order chi connectivity index (χ1) is 14.1. The second-order valence-electron chi connectivity index (χ2n) is 6.76. The molecular weight excluding hydrogens is 384 g/mol. The van der Waals surface area contributed by atoms with Crippen molar-refractivity contribution in [2.45, 2.75) is 11.3 Å². The lowest BCUT2D eigenvalue weighted by atomic mass is 10.1. The number of benzene rings is 3. The number of sulfonamides is 1. The van der Waals surface area contributed by atoms with E-state index in [2.05, 4.69) is 9.71 Å². The SMILES string of the molecule is COc1ccc(-c2ccc(S(=O)(=O)NCCc3c[nH]c4ccccc34)cc2)cc1. The summed E-state index contributed by atoms with van der Waals surface area (Å²) in [6.07, 6.45) is 2.55. The molecule has 5 nitrogen and oxygen atoms in total. The standard InChI is InChI=1S/C23H22N2O3S/c1-28-20-10-6-17(7-11-20)18-8-12-21(13-9-18)29(26,27)25-15-14-19-16-24-23-5-3-2-4-22(19)23/h2-13,16,24-25H,14-15H2,1H3. The highest BCUT2D eigenvalue weighted by molar-refractivity contribution is 7.89. The van der Waals surface area contributed by atoms with Gasteiger partial charge in [-0.25, -0.2) is 13.1 Å². The number of aromatic amines is 1. The van der Waals surface area contributed by atoms with Gasteiger partial charge in [0.25, 0.3) is 0 Å². The van der Waals surface area contributed by atoms with Gasteiger partial charge in [0.2, 0.25) is 10.0 Å². The van der Waals surface area contributed by atoms with Crippen molar-refractivity contribution in [3.8, 4) is 16.9 Å². The molecule has 0 bridgehead atoms. The molecule has 0 saturated heterocycles. The van der Waals surface area contributed by atoms with Gasteiger partial charge in [-0.05, 0) is 53.4 Å². The zero-order valence-electron chi connectivity index (χ0n) is 16.1. The smallest absolute Gasteiger partial charge is 0.240 e. The van der Waals surface area contributed by atoms with E-state index in [0.29, 0.717) is 13.0 Å². The van der Waals surface area contributed by atoms with Crippen LogP contribution in [0.1, 0.15) is 5.56 Å². The number of ether oxygens (including phenoxy) is 1. The summed E-state index contributed by atoms with van der Waals surface area (Å²) in [6.45, 7) is 0.338. The summed E-state index contributed by atoms with van der Waals surface area (Å²) in [4.78, 5) is 3.47. The van der Waals surface area contributed by atoms with Crippen molar-refractivity contribution < 1.29 is 13.2 Å². The van der Waals surface area contributed by atoms with Crippen LogP contribution in [-0.2, 0) is 16.4 Å². The molecule has 6 heteroatoms. The summed E-state index contributed by atoms with van der Waals surface area (Å²) < 4.78 is 33.1. The van der Waals surface area contributed by atoms with Crippen LogP contribution in [0.3, 0.4) is 0 Å². The lowest BCUT2D eigenvalue weighted by molar-refractivity contribution is 0.415. The second kappa shape index (κ2) is 8.11. The van der Waals surface area contributed by atoms with E-state index >= 15 is 0 Å². The number of nitrogens with one attached hydrogen (secondary N) is 2. The zero-order chi connectivity index (χ0) is 20.3. The van der Waals surface area contributed by atoms with Crippen molar-refractivity contribution in [3.63, 3.8) is 0 Å². The lowest BCUT2D eigenvalue weighted by Gasteiger charge is -2.08. The Morgan fingerprint density at radius 2 is 1.55 bits per heavy atom. The van der Waals surface area contributed by atoms with Crippen molar-refractivity contribution >= 4 is 20.9 Å². The van der Waals surface area contributed by atoms with E-state index < -0.39 is 10.0 Å². The molecule has 0 aliphatic carbocycles. The van der Waals surface area contributed by atoms with Crippen LogP contribution in [0.15, 0.2) is 83.9 Å². The predicted octanol–water partition coefficient (Wildman–Crippen LogP) is 4.36. The molecule has 1 heterocycles. The van der Waals surface area contributed by atoms with Crippen LogP contribution in [0.5, 0.6) is 5.75 Å². The number of para-hydroxylation sites is 1. The number of rotatable bonds is 7. The monoisotopic (exact) mass is 406 g/mol. The Labute approximate surface area is 170 Å². The minimum Gasteiger partial charge on any atom is -0.497 e. The van der Waals surface area contributed by atoms with E-state index in [4.69, 9.17) is 4.74 Å². The molecule has 0 amide bonds. The fourth-order valence-corrected chi connectivity index (χ4v) is 4.38. The van der Waals surface area contributed by atoms with Crippen molar-refractivity contribution in [3.05, 3.63) is 84.6 Å². The Morgan fingerprint density at radius 1 is 0.897 bits per heavy atom. The van der Waals surface area contributed by atoms with Crippen LogP contribution >= 0.6 is 0 Å². The maximum atomic E-state index is 12.6. The maximum Gasteiger partial charge on any atom is 0.240 e.